The van der Waals surface area contributed by atoms with Gasteiger partial charge in [0.25, 0.3) is 17.2 Å². The first kappa shape index (κ1) is 36.0. The van der Waals surface area contributed by atoms with Crippen molar-refractivity contribution in [1.29, 1.82) is 0 Å². The zero-order valence-electron chi connectivity index (χ0n) is 29.6. The van der Waals surface area contributed by atoms with Crippen molar-refractivity contribution in [2.75, 3.05) is 18.1 Å². The van der Waals surface area contributed by atoms with Crippen LogP contribution < -0.4 is 10.5 Å². The van der Waals surface area contributed by atoms with Gasteiger partial charge in [0.05, 0.1) is 52.9 Å². The Kier molecular flexibility index (Phi) is 9.40. The molecule has 0 saturated carbocycles. The van der Waals surface area contributed by atoms with Crippen LogP contribution in [0.5, 0.6) is 0 Å². The highest BCUT2D eigenvalue weighted by molar-refractivity contribution is 6.71. The number of ether oxygens (including phenoxy) is 1. The number of anilines is 1. The molecule has 1 spiro atoms. The molecule has 53 heavy (non-hydrogen) atoms. The van der Waals surface area contributed by atoms with Crippen molar-refractivity contribution in [3.8, 4) is 5.69 Å². The molecule has 3 N–H and O–H groups in total. The van der Waals surface area contributed by atoms with Gasteiger partial charge >= 0.3 is 0 Å². The van der Waals surface area contributed by atoms with Crippen molar-refractivity contribution in [1.82, 2.24) is 14.7 Å². The SMILES string of the molecule is C[C@@H]1[C@@H]([Si](C)(C)O)[C@H](CC(=O)N(CCO)Cc2ccccc2)O[C@@]12C(=O)N(Cc1ccc(-n3[nH]c4ccccc4c3=O)cc1)c1ccc([N+](=O)[O-])cc12. The molecule has 2 aliphatic heterocycles. The van der Waals surface area contributed by atoms with Gasteiger partial charge in [-0.2, -0.15) is 0 Å². The number of hydrogen-bond donors (Lipinski definition) is 3. The van der Waals surface area contributed by atoms with Gasteiger partial charge in [-0.15, -0.1) is 0 Å². The first-order chi connectivity index (χ1) is 25.3. The van der Waals surface area contributed by atoms with Crippen LogP contribution in [-0.4, -0.2) is 68.9 Å². The van der Waals surface area contributed by atoms with Crippen LogP contribution in [0.1, 0.15) is 30.0 Å². The summed E-state index contributed by atoms with van der Waals surface area (Å²) < 4.78 is 8.23. The molecule has 2 aliphatic rings. The third kappa shape index (κ3) is 6.37. The number of H-pyrrole nitrogens is 1. The number of para-hydroxylation sites is 1. The molecule has 3 heterocycles. The zero-order chi connectivity index (χ0) is 37.7. The number of hydrogen-bond acceptors (Lipinski definition) is 8. The van der Waals surface area contributed by atoms with Gasteiger partial charge in [-0.1, -0.05) is 61.5 Å². The lowest BCUT2D eigenvalue weighted by molar-refractivity contribution is -0.385. The highest BCUT2D eigenvalue weighted by Gasteiger charge is 2.66. The molecule has 1 fully saturated rings. The number of rotatable bonds is 11. The summed E-state index contributed by atoms with van der Waals surface area (Å²) in [5.41, 5.74) is 0.986. The number of aromatic nitrogens is 2. The minimum absolute atomic E-state index is 0.0845. The highest BCUT2D eigenvalue weighted by Crippen LogP contribution is 2.60. The van der Waals surface area contributed by atoms with E-state index in [4.69, 9.17) is 4.74 Å². The van der Waals surface area contributed by atoms with Crippen molar-refractivity contribution in [3.05, 3.63) is 134 Å². The number of amides is 2. The van der Waals surface area contributed by atoms with E-state index in [0.717, 1.165) is 11.1 Å². The first-order valence-corrected chi connectivity index (χ1v) is 20.6. The van der Waals surface area contributed by atoms with Gasteiger partial charge in [0, 0.05) is 42.2 Å². The number of nitrogens with zero attached hydrogens (tertiary/aromatic N) is 4. The molecule has 0 radical (unpaired) electrons. The summed E-state index contributed by atoms with van der Waals surface area (Å²) in [7, 11) is -3.16. The minimum Gasteiger partial charge on any atom is -0.432 e. The number of carbonyl (C=O) groups is 2. The van der Waals surface area contributed by atoms with E-state index in [1.54, 1.807) is 48.3 Å². The Morgan fingerprint density at radius 3 is 2.36 bits per heavy atom. The maximum absolute atomic E-state index is 14.9. The number of benzene rings is 4. The van der Waals surface area contributed by atoms with E-state index in [-0.39, 0.29) is 49.8 Å². The Morgan fingerprint density at radius 2 is 1.70 bits per heavy atom. The normalized spacial score (nSPS) is 21.0. The van der Waals surface area contributed by atoms with E-state index >= 15 is 0 Å². The fraction of sp³-hybridized carbons (Fsp3) is 0.308. The van der Waals surface area contributed by atoms with E-state index in [9.17, 15) is 34.4 Å². The number of carbonyl (C=O) groups excluding carboxylic acids is 2. The summed E-state index contributed by atoms with van der Waals surface area (Å²) in [6, 6.07) is 28.1. The van der Waals surface area contributed by atoms with Crippen LogP contribution in [0.4, 0.5) is 11.4 Å². The van der Waals surface area contributed by atoms with Crippen molar-refractivity contribution in [3.63, 3.8) is 0 Å². The molecule has 14 heteroatoms. The van der Waals surface area contributed by atoms with Gasteiger partial charge in [-0.25, -0.2) is 4.68 Å². The molecule has 4 aromatic carbocycles. The summed E-state index contributed by atoms with van der Waals surface area (Å²) in [6.45, 7) is 5.49. The standard InChI is InChI=1S/C39H41N5O8Si/c1-25-36(53(2,3)51)34(22-35(46)41(19-20-45)23-26-9-5-4-6-10-26)52-39(25)31-21-29(44(49)50)17-18-33(31)42(38(39)48)24-27-13-15-28(16-14-27)43-37(47)30-11-7-8-12-32(30)40-43/h4-18,21,25,34,36,40,45,51H,19-20,22-24H2,1-3H3/t25-,34+,36-,39+/m1/s1. The summed E-state index contributed by atoms with van der Waals surface area (Å²) in [4.78, 5) is 68.1. The number of nitro benzene ring substituents is 1. The number of non-ortho nitro benzene ring substituents is 1. The predicted molar refractivity (Wildman–Crippen MR) is 201 cm³/mol. The highest BCUT2D eigenvalue weighted by atomic mass is 28.4. The summed E-state index contributed by atoms with van der Waals surface area (Å²) in [6.07, 6.45) is -1.04. The topological polar surface area (TPSA) is 171 Å². The molecule has 274 valence electrons. The number of nitrogens with one attached hydrogen (secondary N) is 1. The van der Waals surface area contributed by atoms with Crippen molar-refractivity contribution in [2.24, 2.45) is 5.92 Å². The fourth-order valence-corrected chi connectivity index (χ4v) is 10.8. The van der Waals surface area contributed by atoms with E-state index in [1.165, 1.54) is 21.7 Å². The second-order valence-electron chi connectivity index (χ2n) is 14.4. The Balaban J connectivity index is 1.22. The number of nitro groups is 1. The first-order valence-electron chi connectivity index (χ1n) is 17.6. The van der Waals surface area contributed by atoms with Gasteiger partial charge in [0.15, 0.2) is 13.9 Å². The van der Waals surface area contributed by atoms with E-state index < -0.39 is 42.3 Å². The second-order valence-corrected chi connectivity index (χ2v) is 18.4. The Morgan fingerprint density at radius 1 is 1.00 bits per heavy atom. The molecular weight excluding hydrogens is 695 g/mol. The van der Waals surface area contributed by atoms with Gasteiger partial charge in [-0.3, -0.25) is 29.6 Å². The monoisotopic (exact) mass is 735 g/mol. The van der Waals surface area contributed by atoms with Crippen LogP contribution >= 0.6 is 0 Å². The lowest BCUT2D eigenvalue weighted by atomic mass is 9.82. The van der Waals surface area contributed by atoms with E-state index in [0.29, 0.717) is 27.8 Å². The van der Waals surface area contributed by atoms with Crippen molar-refractivity contribution < 1.29 is 29.2 Å². The molecule has 0 bridgehead atoms. The Bertz CT molecular complexity index is 2250. The number of aliphatic hydroxyl groups is 1. The summed E-state index contributed by atoms with van der Waals surface area (Å²) in [5.74, 6) is -1.40. The molecule has 13 nitrogen and oxygen atoms in total. The lowest BCUT2D eigenvalue weighted by Crippen LogP contribution is -2.46. The molecule has 7 rings (SSSR count). The number of aromatic amines is 1. The van der Waals surface area contributed by atoms with E-state index in [1.807, 2.05) is 61.5 Å². The van der Waals surface area contributed by atoms with Crippen LogP contribution in [0.25, 0.3) is 16.6 Å². The Hall–Kier alpha value is -5.41. The molecule has 1 saturated heterocycles. The minimum atomic E-state index is -3.16. The van der Waals surface area contributed by atoms with Gasteiger partial charge in [0.1, 0.15) is 0 Å². The zero-order valence-corrected chi connectivity index (χ0v) is 30.6. The number of fused-ring (bicyclic) bond motifs is 3. The lowest BCUT2D eigenvalue weighted by Gasteiger charge is -2.32. The molecule has 4 atom stereocenters. The average Bonchev–Trinajstić information content (AvgIpc) is 3.71. The van der Waals surface area contributed by atoms with Gasteiger partial charge in [0.2, 0.25) is 5.91 Å². The van der Waals surface area contributed by atoms with Crippen LogP contribution in [-0.2, 0) is 33.0 Å². The molecule has 0 aliphatic carbocycles. The Labute approximate surface area is 306 Å². The van der Waals surface area contributed by atoms with Gasteiger partial charge in [-0.05, 0) is 54.6 Å². The molecule has 5 aromatic rings. The third-order valence-corrected chi connectivity index (χ3v) is 13.1. The second kappa shape index (κ2) is 13.9. The molecule has 2 amide bonds. The predicted octanol–water partition coefficient (Wildman–Crippen LogP) is 4.98. The van der Waals surface area contributed by atoms with Crippen molar-refractivity contribution in [2.45, 2.75) is 56.8 Å². The van der Waals surface area contributed by atoms with Gasteiger partial charge < -0.3 is 24.4 Å². The van der Waals surface area contributed by atoms with Crippen LogP contribution in [0.3, 0.4) is 0 Å². The van der Waals surface area contributed by atoms with Crippen LogP contribution in [0.15, 0.2) is 102 Å². The molecule has 0 unspecified atom stereocenters. The quantitative estimate of drug-likeness (QED) is 0.0969. The molecular formula is C39H41N5O8Si. The fourth-order valence-electron chi connectivity index (χ4n) is 8.23. The maximum Gasteiger partial charge on any atom is 0.279 e. The summed E-state index contributed by atoms with van der Waals surface area (Å²) >= 11 is 0. The largest absolute Gasteiger partial charge is 0.432 e. The molecule has 1 aromatic heterocycles. The summed E-state index contributed by atoms with van der Waals surface area (Å²) in [5, 5.41) is 25.5. The maximum atomic E-state index is 14.9. The van der Waals surface area contributed by atoms with E-state index in [2.05, 4.69) is 5.10 Å². The number of aliphatic hydroxyl groups excluding tert-OH is 1. The smallest absolute Gasteiger partial charge is 0.279 e. The third-order valence-electron chi connectivity index (χ3n) is 10.6. The van der Waals surface area contributed by atoms with Crippen molar-refractivity contribution >= 4 is 42.4 Å². The average molecular weight is 736 g/mol. The van der Waals surface area contributed by atoms with Crippen LogP contribution in [0.2, 0.25) is 18.6 Å². The van der Waals surface area contributed by atoms with Crippen LogP contribution in [0, 0.1) is 16.0 Å².